The number of nitrogens with one attached hydrogen (secondary N) is 1. The Morgan fingerprint density at radius 2 is 1.97 bits per heavy atom. The van der Waals surface area contributed by atoms with Crippen molar-refractivity contribution in [3.63, 3.8) is 0 Å². The van der Waals surface area contributed by atoms with Crippen LogP contribution in [0.4, 0.5) is 11.5 Å². The minimum absolute atomic E-state index is 0.114. The first-order valence-corrected chi connectivity index (χ1v) is 12.6. The van der Waals surface area contributed by atoms with Crippen LogP contribution >= 0.6 is 11.6 Å². The fourth-order valence-corrected chi connectivity index (χ4v) is 7.12. The minimum Gasteiger partial charge on any atom is -0.394 e. The second-order valence-electron chi connectivity index (χ2n) is 9.33. The zero-order valence-electron chi connectivity index (χ0n) is 16.8. The van der Waals surface area contributed by atoms with E-state index >= 15 is 0 Å². The fraction of sp³-hybridized carbons (Fsp3) is 0.522. The molecule has 1 aromatic carbocycles. The van der Waals surface area contributed by atoms with Crippen molar-refractivity contribution >= 4 is 33.9 Å². The van der Waals surface area contributed by atoms with Crippen LogP contribution in [0.3, 0.4) is 0 Å². The molecule has 7 heteroatoms. The van der Waals surface area contributed by atoms with Gasteiger partial charge < -0.3 is 15.3 Å². The fourth-order valence-electron chi connectivity index (χ4n) is 5.65. The Kier molecular flexibility index (Phi) is 4.41. The summed E-state index contributed by atoms with van der Waals surface area (Å²) in [5, 5.41) is 14.3. The summed E-state index contributed by atoms with van der Waals surface area (Å²) >= 11 is 6.04. The van der Waals surface area contributed by atoms with Gasteiger partial charge in [-0.15, -0.1) is 0 Å². The van der Waals surface area contributed by atoms with Crippen LogP contribution in [0.25, 0.3) is 0 Å². The van der Waals surface area contributed by atoms with Gasteiger partial charge in [-0.25, -0.2) is 4.98 Å². The molecule has 1 aromatic heterocycles. The Morgan fingerprint density at radius 1 is 1.23 bits per heavy atom. The lowest BCUT2D eigenvalue weighted by atomic mass is 9.77. The zero-order valence-corrected chi connectivity index (χ0v) is 18.4. The van der Waals surface area contributed by atoms with E-state index in [1.165, 1.54) is 5.56 Å². The highest BCUT2D eigenvalue weighted by Crippen LogP contribution is 2.58. The summed E-state index contributed by atoms with van der Waals surface area (Å²) in [6.07, 6.45) is 3.81. The molecule has 3 atom stereocenters. The number of aliphatic hydroxyl groups excluding tert-OH is 1. The maximum atomic E-state index is 12.6. The molecule has 6 rings (SSSR count). The highest BCUT2D eigenvalue weighted by Gasteiger charge is 2.56. The summed E-state index contributed by atoms with van der Waals surface area (Å²) in [6, 6.07) is 10.4. The first kappa shape index (κ1) is 19.1. The average molecular weight is 444 g/mol. The van der Waals surface area contributed by atoms with Crippen LogP contribution in [0, 0.1) is 11.8 Å². The van der Waals surface area contributed by atoms with Crippen LogP contribution < -0.4 is 10.2 Å². The molecule has 30 heavy (non-hydrogen) atoms. The summed E-state index contributed by atoms with van der Waals surface area (Å²) in [6.45, 7) is 2.14. The molecule has 158 valence electrons. The molecule has 2 saturated carbocycles. The SMILES string of the molecule is O=[S@@]1CCc2nc(N3CC4C(C3)C4c3ccc(Cl)cc3)cc(NC3(CO)CCC3)c21. The summed E-state index contributed by atoms with van der Waals surface area (Å²) in [5.74, 6) is 3.61. The first-order chi connectivity index (χ1) is 14.6. The molecule has 1 saturated heterocycles. The van der Waals surface area contributed by atoms with Gasteiger partial charge in [-0.2, -0.15) is 0 Å². The van der Waals surface area contributed by atoms with Crippen molar-refractivity contribution in [2.24, 2.45) is 11.8 Å². The third kappa shape index (κ3) is 2.99. The van der Waals surface area contributed by atoms with E-state index in [2.05, 4.69) is 28.4 Å². The molecule has 3 fully saturated rings. The van der Waals surface area contributed by atoms with E-state index in [0.29, 0.717) is 23.5 Å². The second-order valence-corrected chi connectivity index (χ2v) is 11.3. The van der Waals surface area contributed by atoms with Crippen molar-refractivity contribution in [2.45, 2.75) is 42.0 Å². The van der Waals surface area contributed by atoms with Crippen LogP contribution in [-0.2, 0) is 17.2 Å². The number of anilines is 2. The average Bonchev–Trinajstić information content (AvgIpc) is 3.04. The molecule has 0 radical (unpaired) electrons. The van der Waals surface area contributed by atoms with E-state index in [1.807, 2.05) is 12.1 Å². The van der Waals surface area contributed by atoms with E-state index in [0.717, 1.165) is 65.9 Å². The lowest BCUT2D eigenvalue weighted by Crippen LogP contribution is -2.48. The van der Waals surface area contributed by atoms with Gasteiger partial charge in [0.1, 0.15) is 5.82 Å². The zero-order chi connectivity index (χ0) is 20.5. The number of pyridine rings is 1. The summed E-state index contributed by atoms with van der Waals surface area (Å²) in [7, 11) is -1.00. The number of aryl methyl sites for hydroxylation is 1. The molecular weight excluding hydrogens is 418 g/mol. The van der Waals surface area contributed by atoms with Gasteiger partial charge in [0.25, 0.3) is 0 Å². The van der Waals surface area contributed by atoms with Crippen LogP contribution in [0.5, 0.6) is 0 Å². The lowest BCUT2D eigenvalue weighted by molar-refractivity contribution is 0.144. The summed E-state index contributed by atoms with van der Waals surface area (Å²) in [5.41, 5.74) is 3.03. The van der Waals surface area contributed by atoms with E-state index in [9.17, 15) is 9.32 Å². The summed E-state index contributed by atoms with van der Waals surface area (Å²) < 4.78 is 12.6. The Labute approximate surface area is 184 Å². The highest BCUT2D eigenvalue weighted by atomic mass is 35.5. The Hall–Kier alpha value is -1.63. The molecular formula is C23H26ClN3O2S. The normalized spacial score (nSPS) is 30.5. The molecule has 5 nitrogen and oxygen atoms in total. The van der Waals surface area contributed by atoms with Gasteiger partial charge in [-0.3, -0.25) is 4.21 Å². The molecule has 2 unspecified atom stereocenters. The quantitative estimate of drug-likeness (QED) is 0.739. The van der Waals surface area contributed by atoms with Gasteiger partial charge >= 0.3 is 0 Å². The van der Waals surface area contributed by atoms with Crippen molar-refractivity contribution in [3.05, 3.63) is 46.6 Å². The molecule has 2 aliphatic heterocycles. The third-order valence-corrected chi connectivity index (χ3v) is 9.31. The minimum atomic E-state index is -1.00. The number of aliphatic hydroxyl groups is 1. The van der Waals surface area contributed by atoms with Crippen molar-refractivity contribution in [3.8, 4) is 0 Å². The van der Waals surface area contributed by atoms with Gasteiger partial charge in [0.05, 0.1) is 39.2 Å². The van der Waals surface area contributed by atoms with Crippen molar-refractivity contribution in [1.29, 1.82) is 0 Å². The molecule has 3 heterocycles. The Bertz CT molecular complexity index is 1010. The Morgan fingerprint density at radius 3 is 2.60 bits per heavy atom. The topological polar surface area (TPSA) is 65.5 Å². The lowest BCUT2D eigenvalue weighted by Gasteiger charge is -2.42. The van der Waals surface area contributed by atoms with Gasteiger partial charge in [0.2, 0.25) is 0 Å². The molecule has 0 amide bonds. The van der Waals surface area contributed by atoms with Crippen LogP contribution in [0.2, 0.25) is 5.02 Å². The molecule has 2 aromatic rings. The van der Waals surface area contributed by atoms with Crippen molar-refractivity contribution < 1.29 is 9.32 Å². The van der Waals surface area contributed by atoms with E-state index < -0.39 is 10.8 Å². The smallest absolute Gasteiger partial charge is 0.130 e. The molecule has 4 aliphatic rings. The van der Waals surface area contributed by atoms with E-state index in [1.54, 1.807) is 0 Å². The van der Waals surface area contributed by atoms with Gasteiger partial charge in [0.15, 0.2) is 0 Å². The van der Waals surface area contributed by atoms with Gasteiger partial charge in [-0.05, 0) is 54.7 Å². The number of piperidine rings is 1. The van der Waals surface area contributed by atoms with E-state index in [-0.39, 0.29) is 12.1 Å². The standard InChI is InChI=1S/C23H26ClN3O2S/c24-15-4-2-14(3-5-15)21-16-11-27(12-17(16)21)20-10-19(26-23(13-28)7-1-8-23)22-18(25-20)6-9-30(22)29/h2-5,10,16-17,21,28H,1,6-9,11-13H2,(H,25,26)/t16?,17?,21?,30-/m1/s1. The van der Waals surface area contributed by atoms with Gasteiger partial charge in [-0.1, -0.05) is 23.7 Å². The van der Waals surface area contributed by atoms with E-state index in [4.69, 9.17) is 16.6 Å². The number of fused-ring (bicyclic) bond motifs is 2. The molecule has 0 bridgehead atoms. The van der Waals surface area contributed by atoms with Crippen LogP contribution in [0.1, 0.15) is 36.4 Å². The highest BCUT2D eigenvalue weighted by molar-refractivity contribution is 7.85. The predicted molar refractivity (Wildman–Crippen MR) is 120 cm³/mol. The van der Waals surface area contributed by atoms with Gasteiger partial charge in [0, 0.05) is 36.4 Å². The predicted octanol–water partition coefficient (Wildman–Crippen LogP) is 3.58. The third-order valence-electron chi connectivity index (χ3n) is 7.57. The second kappa shape index (κ2) is 6.94. The maximum absolute atomic E-state index is 12.6. The monoisotopic (exact) mass is 443 g/mol. The molecule has 0 spiro atoms. The number of nitrogens with zero attached hydrogens (tertiary/aromatic N) is 2. The van der Waals surface area contributed by atoms with Crippen LogP contribution in [0.15, 0.2) is 35.2 Å². The largest absolute Gasteiger partial charge is 0.394 e. The number of aromatic nitrogens is 1. The number of benzene rings is 1. The van der Waals surface area contributed by atoms with Crippen molar-refractivity contribution in [1.82, 2.24) is 4.98 Å². The number of hydrogen-bond acceptors (Lipinski definition) is 5. The summed E-state index contributed by atoms with van der Waals surface area (Å²) in [4.78, 5) is 8.18. The van der Waals surface area contributed by atoms with Crippen LogP contribution in [-0.4, -0.2) is 45.3 Å². The number of rotatable bonds is 5. The number of halogens is 1. The van der Waals surface area contributed by atoms with Crippen molar-refractivity contribution in [2.75, 3.05) is 35.7 Å². The first-order valence-electron chi connectivity index (χ1n) is 10.9. The Balaban J connectivity index is 1.25. The molecule has 2 aliphatic carbocycles. The number of hydrogen-bond donors (Lipinski definition) is 2. The maximum Gasteiger partial charge on any atom is 0.130 e. The molecule has 2 N–H and O–H groups in total.